The van der Waals surface area contributed by atoms with Gasteiger partial charge in [0.25, 0.3) is 5.91 Å². The first-order chi connectivity index (χ1) is 18.4. The van der Waals surface area contributed by atoms with Gasteiger partial charge in [0.05, 0.1) is 20.8 Å². The van der Waals surface area contributed by atoms with E-state index in [0.29, 0.717) is 36.6 Å². The lowest BCUT2D eigenvalue weighted by atomic mass is 10.0. The molecule has 0 radical (unpaired) electrons. The highest BCUT2D eigenvalue weighted by Gasteiger charge is 2.26. The van der Waals surface area contributed by atoms with Crippen molar-refractivity contribution in [1.82, 2.24) is 9.80 Å². The van der Waals surface area contributed by atoms with E-state index in [1.165, 1.54) is 0 Å². The molecule has 3 aromatic carbocycles. The van der Waals surface area contributed by atoms with Crippen LogP contribution in [-0.2, 0) is 17.8 Å². The smallest absolute Gasteiger partial charge is 0.255 e. The minimum atomic E-state index is -0.139. The number of rotatable bonds is 11. The molecule has 0 bridgehead atoms. The number of hydrogen-bond donors (Lipinski definition) is 0. The first-order valence-corrected chi connectivity index (χ1v) is 13.6. The second-order valence-electron chi connectivity index (χ2n) is 9.39. The Balaban J connectivity index is 1.55. The highest BCUT2D eigenvalue weighted by atomic mass is 32.1. The largest absolute Gasteiger partial charge is 0.493 e. The second-order valence-corrected chi connectivity index (χ2v) is 10.4. The van der Waals surface area contributed by atoms with Gasteiger partial charge in [-0.25, -0.2) is 0 Å². The summed E-state index contributed by atoms with van der Waals surface area (Å²) in [5.41, 5.74) is 1.65. The zero-order valence-corrected chi connectivity index (χ0v) is 23.2. The molecule has 0 atom stereocenters. The zero-order chi connectivity index (χ0) is 27.1. The SMILES string of the molecule is COc1ccc(CCN(Cc2cccs2)C(=O)CN(C(=O)c2cccc3ccccc23)C(C)C)cc1OC. The number of benzene rings is 3. The van der Waals surface area contributed by atoms with Crippen LogP contribution in [0, 0.1) is 0 Å². The molecule has 4 rings (SSSR count). The highest BCUT2D eigenvalue weighted by Crippen LogP contribution is 2.28. The van der Waals surface area contributed by atoms with Crippen LogP contribution >= 0.6 is 11.3 Å². The predicted molar refractivity (Wildman–Crippen MR) is 153 cm³/mol. The number of fused-ring (bicyclic) bond motifs is 1. The van der Waals surface area contributed by atoms with Crippen molar-refractivity contribution in [2.24, 2.45) is 0 Å². The van der Waals surface area contributed by atoms with E-state index in [0.717, 1.165) is 21.2 Å². The van der Waals surface area contributed by atoms with Crippen molar-refractivity contribution in [2.45, 2.75) is 32.9 Å². The number of carbonyl (C=O) groups excluding carboxylic acids is 2. The lowest BCUT2D eigenvalue weighted by Crippen LogP contribution is -2.46. The molecular weight excluding hydrogens is 496 g/mol. The van der Waals surface area contributed by atoms with Crippen molar-refractivity contribution >= 4 is 33.9 Å². The van der Waals surface area contributed by atoms with Crippen LogP contribution in [0.3, 0.4) is 0 Å². The average Bonchev–Trinajstić information content (AvgIpc) is 3.46. The quantitative estimate of drug-likeness (QED) is 0.237. The highest BCUT2D eigenvalue weighted by molar-refractivity contribution is 7.09. The summed E-state index contributed by atoms with van der Waals surface area (Å²) in [6.45, 7) is 4.92. The summed E-state index contributed by atoms with van der Waals surface area (Å²) >= 11 is 1.62. The van der Waals surface area contributed by atoms with Crippen LogP contribution in [-0.4, -0.2) is 55.0 Å². The van der Waals surface area contributed by atoms with E-state index in [-0.39, 0.29) is 24.4 Å². The molecule has 1 heterocycles. The van der Waals surface area contributed by atoms with E-state index in [1.807, 2.05) is 96.9 Å². The van der Waals surface area contributed by atoms with E-state index in [9.17, 15) is 9.59 Å². The first-order valence-electron chi connectivity index (χ1n) is 12.7. The van der Waals surface area contributed by atoms with Crippen LogP contribution < -0.4 is 9.47 Å². The van der Waals surface area contributed by atoms with Gasteiger partial charge in [-0.05, 0) is 66.2 Å². The molecule has 0 unspecified atom stereocenters. The summed E-state index contributed by atoms with van der Waals surface area (Å²) in [7, 11) is 3.22. The minimum Gasteiger partial charge on any atom is -0.493 e. The maximum absolute atomic E-state index is 13.7. The zero-order valence-electron chi connectivity index (χ0n) is 22.3. The van der Waals surface area contributed by atoms with Crippen LogP contribution in [0.25, 0.3) is 10.8 Å². The van der Waals surface area contributed by atoms with Crippen LogP contribution in [0.1, 0.15) is 34.6 Å². The van der Waals surface area contributed by atoms with Gasteiger partial charge in [-0.15, -0.1) is 11.3 Å². The summed E-state index contributed by atoms with van der Waals surface area (Å²) in [6, 6.07) is 23.2. The molecule has 0 aliphatic heterocycles. The van der Waals surface area contributed by atoms with Gasteiger partial charge >= 0.3 is 0 Å². The van der Waals surface area contributed by atoms with Crippen LogP contribution in [0.4, 0.5) is 0 Å². The number of ether oxygens (including phenoxy) is 2. The fourth-order valence-corrected chi connectivity index (χ4v) is 5.20. The number of nitrogens with zero attached hydrogens (tertiary/aromatic N) is 2. The van der Waals surface area contributed by atoms with Gasteiger partial charge in [0.15, 0.2) is 11.5 Å². The third-order valence-electron chi connectivity index (χ3n) is 6.61. The normalized spacial score (nSPS) is 11.0. The molecule has 0 aliphatic carbocycles. The fourth-order valence-electron chi connectivity index (χ4n) is 4.48. The van der Waals surface area contributed by atoms with Gasteiger partial charge in [0.2, 0.25) is 5.91 Å². The first kappa shape index (κ1) is 27.2. The predicted octanol–water partition coefficient (Wildman–Crippen LogP) is 6.04. The molecule has 0 spiro atoms. The van der Waals surface area contributed by atoms with E-state index >= 15 is 0 Å². The van der Waals surface area contributed by atoms with Crippen LogP contribution in [0.2, 0.25) is 0 Å². The summed E-state index contributed by atoms with van der Waals surface area (Å²) in [5.74, 6) is 1.11. The molecule has 7 heteroatoms. The van der Waals surface area contributed by atoms with Crippen molar-refractivity contribution in [1.29, 1.82) is 0 Å². The number of methoxy groups -OCH3 is 2. The Labute approximate surface area is 228 Å². The van der Waals surface area contributed by atoms with Gasteiger partial charge in [-0.2, -0.15) is 0 Å². The summed E-state index contributed by atoms with van der Waals surface area (Å²) in [5, 5.41) is 3.90. The maximum atomic E-state index is 13.7. The lowest BCUT2D eigenvalue weighted by molar-refractivity contribution is -0.132. The molecule has 6 nitrogen and oxygen atoms in total. The Morgan fingerprint density at radius 1 is 0.895 bits per heavy atom. The van der Waals surface area contributed by atoms with Gasteiger partial charge in [0, 0.05) is 23.0 Å². The van der Waals surface area contributed by atoms with Gasteiger partial charge in [-0.1, -0.05) is 48.5 Å². The molecular formula is C31H34N2O4S. The Morgan fingerprint density at radius 3 is 2.37 bits per heavy atom. The fraction of sp³-hybridized carbons (Fsp3) is 0.290. The molecule has 2 amide bonds. The van der Waals surface area contributed by atoms with Crippen molar-refractivity contribution in [3.8, 4) is 11.5 Å². The number of hydrogen-bond acceptors (Lipinski definition) is 5. The lowest BCUT2D eigenvalue weighted by Gasteiger charge is -2.30. The third-order valence-corrected chi connectivity index (χ3v) is 7.47. The van der Waals surface area contributed by atoms with Crippen molar-refractivity contribution in [3.63, 3.8) is 0 Å². The van der Waals surface area contributed by atoms with E-state index in [1.54, 1.807) is 30.5 Å². The minimum absolute atomic E-state index is 0.0109. The molecule has 0 saturated carbocycles. The topological polar surface area (TPSA) is 59.1 Å². The molecule has 0 N–H and O–H groups in total. The van der Waals surface area contributed by atoms with Crippen molar-refractivity contribution in [3.05, 3.63) is 94.2 Å². The van der Waals surface area contributed by atoms with E-state index in [4.69, 9.17) is 9.47 Å². The Bertz CT molecular complexity index is 1380. The maximum Gasteiger partial charge on any atom is 0.255 e. The molecule has 38 heavy (non-hydrogen) atoms. The Hall–Kier alpha value is -3.84. The Morgan fingerprint density at radius 2 is 1.66 bits per heavy atom. The van der Waals surface area contributed by atoms with Crippen LogP contribution in [0.5, 0.6) is 11.5 Å². The summed E-state index contributed by atoms with van der Waals surface area (Å²) in [6.07, 6.45) is 0.649. The number of thiophene rings is 1. The van der Waals surface area contributed by atoms with Crippen molar-refractivity contribution in [2.75, 3.05) is 27.3 Å². The summed E-state index contributed by atoms with van der Waals surface area (Å²) in [4.78, 5) is 32.0. The summed E-state index contributed by atoms with van der Waals surface area (Å²) < 4.78 is 10.8. The molecule has 0 aliphatic rings. The Kier molecular flexibility index (Phi) is 9.02. The number of carbonyl (C=O) groups is 2. The average molecular weight is 531 g/mol. The molecule has 1 aromatic heterocycles. The van der Waals surface area contributed by atoms with Gasteiger partial charge in [0.1, 0.15) is 6.54 Å². The monoisotopic (exact) mass is 530 g/mol. The molecule has 198 valence electrons. The number of amides is 2. The second kappa shape index (κ2) is 12.6. The van der Waals surface area contributed by atoms with Gasteiger partial charge in [-0.3, -0.25) is 9.59 Å². The van der Waals surface area contributed by atoms with Gasteiger partial charge < -0.3 is 19.3 Å². The van der Waals surface area contributed by atoms with E-state index in [2.05, 4.69) is 0 Å². The third kappa shape index (κ3) is 6.34. The molecule has 0 fully saturated rings. The standard InChI is InChI=1S/C31H34N2O4S/c1-22(2)33(31(35)27-13-7-10-24-9-5-6-12-26(24)27)21-30(34)32(20-25-11-8-18-38-25)17-16-23-14-15-28(36-3)29(19-23)37-4/h5-15,18-19,22H,16-17,20-21H2,1-4H3. The van der Waals surface area contributed by atoms with Crippen molar-refractivity contribution < 1.29 is 19.1 Å². The van der Waals surface area contributed by atoms with E-state index < -0.39 is 0 Å². The molecule has 4 aromatic rings. The van der Waals surface area contributed by atoms with Crippen LogP contribution in [0.15, 0.2) is 78.2 Å². The molecule has 0 saturated heterocycles.